The number of hydrogen-bond donors (Lipinski definition) is 2. The van der Waals surface area contributed by atoms with Crippen molar-refractivity contribution in [3.05, 3.63) is 58.4 Å². The van der Waals surface area contributed by atoms with Gasteiger partial charge in [0.1, 0.15) is 6.10 Å². The summed E-state index contributed by atoms with van der Waals surface area (Å²) < 4.78 is 37.5. The molecule has 0 unspecified atom stereocenters. The van der Waals surface area contributed by atoms with Crippen molar-refractivity contribution in [2.45, 2.75) is 52.3 Å². The molecule has 0 aliphatic carbocycles. The summed E-state index contributed by atoms with van der Waals surface area (Å²) >= 11 is 0. The Labute approximate surface area is 185 Å². The van der Waals surface area contributed by atoms with E-state index in [0.29, 0.717) is 5.56 Å². The molecule has 1 aromatic carbocycles. The average Bonchev–Trinajstić information content (AvgIpc) is 2.99. The first-order valence-electron chi connectivity index (χ1n) is 10.4. The lowest BCUT2D eigenvalue weighted by molar-refractivity contribution is -0.192. The van der Waals surface area contributed by atoms with Gasteiger partial charge in [0, 0.05) is 31.0 Å². The number of esters is 1. The van der Waals surface area contributed by atoms with Crippen LogP contribution in [0.5, 0.6) is 0 Å². The highest BCUT2D eigenvalue weighted by atomic mass is 19.4. The number of likely N-dealkylation sites (tertiary alicyclic amines) is 1. The molecule has 3 rings (SSSR count). The quantitative estimate of drug-likeness (QED) is 0.653. The van der Waals surface area contributed by atoms with Gasteiger partial charge in [-0.3, -0.25) is 0 Å². The van der Waals surface area contributed by atoms with Crippen molar-refractivity contribution in [3.8, 4) is 0 Å². The lowest BCUT2D eigenvalue weighted by Gasteiger charge is -2.31. The second-order valence-corrected chi connectivity index (χ2v) is 7.86. The van der Waals surface area contributed by atoms with Gasteiger partial charge in [0.25, 0.3) is 0 Å². The number of nitrogens with one attached hydrogen (secondary N) is 1. The number of aryl methyl sites for hydroxylation is 2. The zero-order chi connectivity index (χ0) is 23.9. The molecule has 1 aromatic heterocycles. The summed E-state index contributed by atoms with van der Waals surface area (Å²) in [7, 11) is 0. The minimum Gasteiger partial charge on any atom is -0.475 e. The monoisotopic (exact) mass is 454 g/mol. The summed E-state index contributed by atoms with van der Waals surface area (Å²) in [4.78, 5) is 27.1. The maximum Gasteiger partial charge on any atom is 0.490 e. The predicted molar refractivity (Wildman–Crippen MR) is 114 cm³/mol. The zero-order valence-corrected chi connectivity index (χ0v) is 18.5. The third-order valence-corrected chi connectivity index (χ3v) is 5.50. The number of rotatable bonds is 5. The van der Waals surface area contributed by atoms with Crippen LogP contribution >= 0.6 is 0 Å². The molecule has 0 atom stereocenters. The van der Waals surface area contributed by atoms with E-state index >= 15 is 0 Å². The molecule has 1 aliphatic rings. The second kappa shape index (κ2) is 11.2. The molecule has 6 nitrogen and oxygen atoms in total. The summed E-state index contributed by atoms with van der Waals surface area (Å²) in [6.45, 7) is 8.96. The van der Waals surface area contributed by atoms with Gasteiger partial charge >= 0.3 is 18.1 Å². The molecule has 0 bridgehead atoms. The van der Waals surface area contributed by atoms with E-state index < -0.39 is 12.1 Å². The molecule has 176 valence electrons. The first-order valence-corrected chi connectivity index (χ1v) is 10.4. The van der Waals surface area contributed by atoms with Crippen molar-refractivity contribution in [1.82, 2.24) is 9.88 Å². The maximum atomic E-state index is 12.5. The Hall–Kier alpha value is -2.81. The molecular formula is C23H29F3N2O4. The summed E-state index contributed by atoms with van der Waals surface area (Å²) in [6.07, 6.45) is -2.13. The molecule has 0 radical (unpaired) electrons. The molecule has 2 N–H and O–H groups in total. The molecule has 2 aromatic rings. The van der Waals surface area contributed by atoms with Crippen LogP contribution in [0.1, 0.15) is 45.7 Å². The van der Waals surface area contributed by atoms with Gasteiger partial charge in [0.2, 0.25) is 0 Å². The number of hydrogen-bond acceptors (Lipinski definition) is 4. The Bertz CT molecular complexity index is 902. The van der Waals surface area contributed by atoms with Crippen LogP contribution in [0.15, 0.2) is 30.3 Å². The number of aromatic amines is 1. The second-order valence-electron chi connectivity index (χ2n) is 7.86. The summed E-state index contributed by atoms with van der Waals surface area (Å²) in [5.74, 6) is -2.94. The molecule has 1 saturated heterocycles. The van der Waals surface area contributed by atoms with Crippen molar-refractivity contribution < 1.29 is 32.6 Å². The van der Waals surface area contributed by atoms with Crippen LogP contribution in [0.3, 0.4) is 0 Å². The highest BCUT2D eigenvalue weighted by Crippen LogP contribution is 2.21. The van der Waals surface area contributed by atoms with Crippen LogP contribution in [-0.2, 0) is 16.0 Å². The maximum absolute atomic E-state index is 12.5. The van der Waals surface area contributed by atoms with Crippen LogP contribution < -0.4 is 0 Å². The Morgan fingerprint density at radius 1 is 1.09 bits per heavy atom. The van der Waals surface area contributed by atoms with Gasteiger partial charge in [-0.05, 0) is 51.2 Å². The number of carbonyl (C=O) groups excluding carboxylic acids is 1. The van der Waals surface area contributed by atoms with Crippen LogP contribution in [-0.4, -0.2) is 58.8 Å². The van der Waals surface area contributed by atoms with Crippen molar-refractivity contribution >= 4 is 11.9 Å². The van der Waals surface area contributed by atoms with Gasteiger partial charge in [-0.15, -0.1) is 0 Å². The summed E-state index contributed by atoms with van der Waals surface area (Å²) in [5, 5.41) is 7.12. The van der Waals surface area contributed by atoms with Gasteiger partial charge in [-0.2, -0.15) is 13.2 Å². The van der Waals surface area contributed by atoms with E-state index in [2.05, 4.69) is 40.2 Å². The lowest BCUT2D eigenvalue weighted by atomic mass is 10.1. The highest BCUT2D eigenvalue weighted by Gasteiger charge is 2.38. The van der Waals surface area contributed by atoms with Crippen molar-refractivity contribution in [2.24, 2.45) is 0 Å². The van der Waals surface area contributed by atoms with Crippen molar-refractivity contribution in [3.63, 3.8) is 0 Å². The number of carboxylic acid groups (broad SMARTS) is 1. The first kappa shape index (κ1) is 25.5. The number of nitrogens with zero attached hydrogens (tertiary/aromatic N) is 1. The lowest BCUT2D eigenvalue weighted by Crippen LogP contribution is -2.38. The molecule has 0 amide bonds. The van der Waals surface area contributed by atoms with E-state index in [-0.39, 0.29) is 12.1 Å². The van der Waals surface area contributed by atoms with E-state index in [9.17, 15) is 18.0 Å². The molecule has 9 heteroatoms. The van der Waals surface area contributed by atoms with Crippen LogP contribution in [0.4, 0.5) is 13.2 Å². The minimum absolute atomic E-state index is 0.0366. The number of benzene rings is 1. The first-order chi connectivity index (χ1) is 15.0. The smallest absolute Gasteiger partial charge is 0.475 e. The fourth-order valence-electron chi connectivity index (χ4n) is 3.61. The van der Waals surface area contributed by atoms with Gasteiger partial charge in [0.05, 0.1) is 5.56 Å². The minimum atomic E-state index is -5.08. The number of carbonyl (C=O) groups is 2. The van der Waals surface area contributed by atoms with E-state index in [0.717, 1.165) is 55.8 Å². The number of H-pyrrole nitrogens is 1. The van der Waals surface area contributed by atoms with Gasteiger partial charge in [0.15, 0.2) is 0 Å². The molecule has 1 aliphatic heterocycles. The van der Waals surface area contributed by atoms with Crippen molar-refractivity contribution in [1.29, 1.82) is 0 Å². The highest BCUT2D eigenvalue weighted by molar-refractivity contribution is 5.93. The molecule has 1 fully saturated rings. The van der Waals surface area contributed by atoms with E-state index in [1.807, 2.05) is 20.8 Å². The molecule has 0 saturated carbocycles. The Balaban J connectivity index is 0.000000451. The number of carboxylic acids is 1. The van der Waals surface area contributed by atoms with Gasteiger partial charge in [-0.25, -0.2) is 9.59 Å². The summed E-state index contributed by atoms with van der Waals surface area (Å²) in [6, 6.07) is 10.6. The van der Waals surface area contributed by atoms with Crippen LogP contribution in [0, 0.1) is 20.8 Å². The van der Waals surface area contributed by atoms with Gasteiger partial charge in [-0.1, -0.05) is 30.3 Å². The largest absolute Gasteiger partial charge is 0.490 e. The Morgan fingerprint density at radius 2 is 1.66 bits per heavy atom. The molecule has 0 spiro atoms. The predicted octanol–water partition coefficient (Wildman–Crippen LogP) is 4.44. The fraction of sp³-hybridized carbons (Fsp3) is 0.478. The van der Waals surface area contributed by atoms with Gasteiger partial charge < -0.3 is 19.7 Å². The van der Waals surface area contributed by atoms with E-state index in [1.54, 1.807) is 0 Å². The zero-order valence-electron chi connectivity index (χ0n) is 18.5. The molecule has 32 heavy (non-hydrogen) atoms. The van der Waals surface area contributed by atoms with Crippen molar-refractivity contribution in [2.75, 3.05) is 19.6 Å². The third kappa shape index (κ3) is 7.40. The summed E-state index contributed by atoms with van der Waals surface area (Å²) in [5.41, 5.74) is 5.04. The topological polar surface area (TPSA) is 82.6 Å². The number of piperidine rings is 1. The van der Waals surface area contributed by atoms with E-state index in [4.69, 9.17) is 14.6 Å². The number of aromatic nitrogens is 1. The Morgan fingerprint density at radius 3 is 2.12 bits per heavy atom. The SMILES string of the molecule is Cc1[nH]c(C)c(C(=O)OC2CCN(CCc3ccccc3)CC2)c1C.O=C(O)C(F)(F)F. The molecule has 2 heterocycles. The fourth-order valence-corrected chi connectivity index (χ4v) is 3.61. The Kier molecular flexibility index (Phi) is 8.89. The van der Waals surface area contributed by atoms with Crippen LogP contribution in [0.25, 0.3) is 0 Å². The third-order valence-electron chi connectivity index (χ3n) is 5.50. The standard InChI is InChI=1S/C21H28N2O2.C2HF3O2/c1-15-16(2)22-17(3)20(15)21(24)25-19-10-13-23(14-11-19)12-9-18-7-5-4-6-8-18;3-2(4,5)1(6)7/h4-8,19,22H,9-14H2,1-3H3;(H,6,7). The number of halogens is 3. The van der Waals surface area contributed by atoms with Crippen LogP contribution in [0.2, 0.25) is 0 Å². The normalized spacial score (nSPS) is 15.1. The molecular weight excluding hydrogens is 425 g/mol. The number of alkyl halides is 3. The van der Waals surface area contributed by atoms with E-state index in [1.165, 1.54) is 5.56 Å². The number of ether oxygens (including phenoxy) is 1. The number of aliphatic carboxylic acids is 1. The average molecular weight is 454 g/mol.